The van der Waals surface area contributed by atoms with Gasteiger partial charge in [-0.05, 0) is 69.1 Å². The van der Waals surface area contributed by atoms with Gasteiger partial charge in [0, 0.05) is 25.0 Å². The molecule has 5 aliphatic rings. The summed E-state index contributed by atoms with van der Waals surface area (Å²) in [5.74, 6) is 2.39. The van der Waals surface area contributed by atoms with Crippen LogP contribution >= 0.6 is 0 Å². The summed E-state index contributed by atoms with van der Waals surface area (Å²) in [6.45, 7) is 1.55. The summed E-state index contributed by atoms with van der Waals surface area (Å²) in [4.78, 5) is 12.9. The molecule has 0 radical (unpaired) electrons. The summed E-state index contributed by atoms with van der Waals surface area (Å²) in [6, 6.07) is 0. The molecule has 0 aromatic heterocycles. The Hall–Kier alpha value is -0.620. The van der Waals surface area contributed by atoms with E-state index < -0.39 is 10.0 Å². The van der Waals surface area contributed by atoms with E-state index >= 15 is 0 Å². The molecule has 4 saturated carbocycles. The minimum atomic E-state index is -3.24. The van der Waals surface area contributed by atoms with Crippen LogP contribution in [0.5, 0.6) is 0 Å². The van der Waals surface area contributed by atoms with Crippen LogP contribution in [0.15, 0.2) is 0 Å². The van der Waals surface area contributed by atoms with Crippen LogP contribution in [0, 0.1) is 23.2 Å². The normalized spacial score (nSPS) is 38.5. The number of carbonyl (C=O) groups is 1. The Morgan fingerprint density at radius 2 is 1.44 bits per heavy atom. The van der Waals surface area contributed by atoms with Gasteiger partial charge in [0.2, 0.25) is 15.9 Å². The second-order valence-electron chi connectivity index (χ2n) is 9.08. The third-order valence-corrected chi connectivity index (χ3v) is 9.00. The van der Waals surface area contributed by atoms with Gasteiger partial charge in [0.15, 0.2) is 0 Å². The van der Waals surface area contributed by atoms with E-state index in [1.165, 1.54) is 19.3 Å². The van der Waals surface area contributed by atoms with Crippen molar-refractivity contribution in [2.24, 2.45) is 23.2 Å². The summed E-state index contributed by atoms with van der Waals surface area (Å²) in [5.41, 5.74) is -0.179. The molecule has 5 fully saturated rings. The standard InChI is InChI=1S/C19H32N2O3S/c22-18(19-12-15-9-16(13-19)11-17(10-15)14-19)20-5-8-25(23,24)21-6-3-1-2-4-7-21/h15-17H,1-14H2,(H,20,22). The molecule has 1 N–H and O–H groups in total. The molecule has 1 saturated heterocycles. The van der Waals surface area contributed by atoms with E-state index in [1.54, 1.807) is 4.31 Å². The zero-order chi connectivity index (χ0) is 17.5. The van der Waals surface area contributed by atoms with Crippen LogP contribution in [0.4, 0.5) is 0 Å². The second-order valence-corrected chi connectivity index (χ2v) is 11.2. The second kappa shape index (κ2) is 6.84. The molecule has 5 nitrogen and oxygen atoms in total. The fourth-order valence-electron chi connectivity index (χ4n) is 6.32. The average molecular weight is 369 g/mol. The van der Waals surface area contributed by atoms with Crippen LogP contribution in [-0.2, 0) is 14.8 Å². The lowest BCUT2D eigenvalue weighted by atomic mass is 9.49. The number of hydrogen-bond donors (Lipinski definition) is 1. The van der Waals surface area contributed by atoms with Crippen molar-refractivity contribution < 1.29 is 13.2 Å². The third kappa shape index (κ3) is 3.61. The van der Waals surface area contributed by atoms with Gasteiger partial charge < -0.3 is 5.32 Å². The van der Waals surface area contributed by atoms with Gasteiger partial charge in [-0.2, -0.15) is 0 Å². The van der Waals surface area contributed by atoms with Crippen LogP contribution in [0.25, 0.3) is 0 Å². The quantitative estimate of drug-likeness (QED) is 0.811. The topological polar surface area (TPSA) is 66.5 Å². The zero-order valence-corrected chi connectivity index (χ0v) is 16.0. The van der Waals surface area contributed by atoms with Crippen LogP contribution in [-0.4, -0.2) is 44.0 Å². The maximum Gasteiger partial charge on any atom is 0.226 e. The van der Waals surface area contributed by atoms with E-state index in [2.05, 4.69) is 5.32 Å². The highest BCUT2D eigenvalue weighted by Gasteiger charge is 2.54. The fourth-order valence-corrected chi connectivity index (χ4v) is 7.75. The number of amides is 1. The zero-order valence-electron chi connectivity index (χ0n) is 15.2. The maximum absolute atomic E-state index is 12.9. The van der Waals surface area contributed by atoms with Crippen molar-refractivity contribution in [2.45, 2.75) is 64.2 Å². The average Bonchev–Trinajstić information content (AvgIpc) is 2.83. The Balaban J connectivity index is 1.32. The third-order valence-electron chi connectivity index (χ3n) is 7.12. The summed E-state index contributed by atoms with van der Waals surface area (Å²) >= 11 is 0. The molecule has 1 heterocycles. The molecule has 0 aromatic rings. The maximum atomic E-state index is 12.9. The van der Waals surface area contributed by atoms with Gasteiger partial charge in [-0.15, -0.1) is 0 Å². The SMILES string of the molecule is O=C(NCCS(=O)(=O)N1CCCCCC1)C12CC3CC(CC(C3)C1)C2. The number of hydrogen-bond acceptors (Lipinski definition) is 3. The molecule has 25 heavy (non-hydrogen) atoms. The molecule has 0 aromatic carbocycles. The molecule has 6 heteroatoms. The first-order chi connectivity index (χ1) is 12.0. The van der Waals surface area contributed by atoms with Gasteiger partial charge in [-0.1, -0.05) is 12.8 Å². The molecule has 0 spiro atoms. The lowest BCUT2D eigenvalue weighted by Gasteiger charge is -2.55. The largest absolute Gasteiger partial charge is 0.355 e. The van der Waals surface area contributed by atoms with E-state index in [-0.39, 0.29) is 23.6 Å². The van der Waals surface area contributed by atoms with Crippen LogP contribution in [0.3, 0.4) is 0 Å². The first kappa shape index (κ1) is 17.8. The van der Waals surface area contributed by atoms with Crippen molar-refractivity contribution >= 4 is 15.9 Å². The van der Waals surface area contributed by atoms with Gasteiger partial charge in [0.1, 0.15) is 0 Å². The number of carbonyl (C=O) groups excluding carboxylic acids is 1. The summed E-state index contributed by atoms with van der Waals surface area (Å²) in [7, 11) is -3.24. The highest BCUT2D eigenvalue weighted by atomic mass is 32.2. The Bertz CT molecular complexity index is 573. The summed E-state index contributed by atoms with van der Waals surface area (Å²) in [6.07, 6.45) is 11.2. The van der Waals surface area contributed by atoms with E-state index in [9.17, 15) is 13.2 Å². The first-order valence-corrected chi connectivity index (χ1v) is 11.8. The number of nitrogens with one attached hydrogen (secondary N) is 1. The smallest absolute Gasteiger partial charge is 0.226 e. The summed E-state index contributed by atoms with van der Waals surface area (Å²) < 4.78 is 26.7. The fraction of sp³-hybridized carbons (Fsp3) is 0.947. The number of sulfonamides is 1. The monoisotopic (exact) mass is 368 g/mol. The van der Waals surface area contributed by atoms with Crippen LogP contribution in [0.2, 0.25) is 0 Å². The molecule has 1 amide bonds. The molecule has 1 aliphatic heterocycles. The molecular formula is C19H32N2O3S. The Kier molecular flexibility index (Phi) is 4.86. The first-order valence-electron chi connectivity index (χ1n) is 10.2. The van der Waals surface area contributed by atoms with Crippen molar-refractivity contribution in [2.75, 3.05) is 25.4 Å². The molecular weight excluding hydrogens is 336 g/mol. The lowest BCUT2D eigenvalue weighted by Crippen LogP contribution is -2.54. The van der Waals surface area contributed by atoms with Crippen molar-refractivity contribution in [3.8, 4) is 0 Å². The number of nitrogens with zero attached hydrogens (tertiary/aromatic N) is 1. The molecule has 4 bridgehead atoms. The highest BCUT2D eigenvalue weighted by molar-refractivity contribution is 7.89. The minimum absolute atomic E-state index is 0.0467. The van der Waals surface area contributed by atoms with Crippen molar-refractivity contribution in [1.29, 1.82) is 0 Å². The molecule has 5 rings (SSSR count). The number of rotatable bonds is 5. The molecule has 142 valence electrons. The van der Waals surface area contributed by atoms with Gasteiger partial charge >= 0.3 is 0 Å². The Labute approximate surface area is 152 Å². The van der Waals surface area contributed by atoms with E-state index in [0.717, 1.165) is 62.7 Å². The van der Waals surface area contributed by atoms with Gasteiger partial charge in [-0.3, -0.25) is 4.79 Å². The molecule has 0 atom stereocenters. The summed E-state index contributed by atoms with van der Waals surface area (Å²) in [5, 5.41) is 3.01. The van der Waals surface area contributed by atoms with Gasteiger partial charge in [0.25, 0.3) is 0 Å². The highest BCUT2D eigenvalue weighted by Crippen LogP contribution is 2.60. The van der Waals surface area contributed by atoms with E-state index in [0.29, 0.717) is 13.1 Å². The predicted molar refractivity (Wildman–Crippen MR) is 97.4 cm³/mol. The van der Waals surface area contributed by atoms with Crippen molar-refractivity contribution in [3.05, 3.63) is 0 Å². The molecule has 4 aliphatic carbocycles. The Morgan fingerprint density at radius 3 is 1.96 bits per heavy atom. The predicted octanol–water partition coefficient (Wildman–Crippen LogP) is 2.52. The molecule has 0 unspecified atom stereocenters. The van der Waals surface area contributed by atoms with Crippen molar-refractivity contribution in [3.63, 3.8) is 0 Å². The van der Waals surface area contributed by atoms with Gasteiger partial charge in [-0.25, -0.2) is 12.7 Å². The van der Waals surface area contributed by atoms with Crippen molar-refractivity contribution in [1.82, 2.24) is 9.62 Å². The Morgan fingerprint density at radius 1 is 0.920 bits per heavy atom. The van der Waals surface area contributed by atoms with Crippen LogP contribution in [0.1, 0.15) is 64.2 Å². The van der Waals surface area contributed by atoms with Crippen LogP contribution < -0.4 is 5.32 Å². The van der Waals surface area contributed by atoms with E-state index in [1.807, 2.05) is 0 Å². The van der Waals surface area contributed by atoms with E-state index in [4.69, 9.17) is 0 Å². The lowest BCUT2D eigenvalue weighted by molar-refractivity contribution is -0.146. The minimum Gasteiger partial charge on any atom is -0.355 e. The van der Waals surface area contributed by atoms with Gasteiger partial charge in [0.05, 0.1) is 5.75 Å².